The molecule has 8 heteroatoms. The molecule has 162 valence electrons. The number of likely N-dealkylation sites (tertiary alicyclic amines) is 1. The largest absolute Gasteiger partial charge is 0.493 e. The Bertz CT molecular complexity index is 700. The first-order valence-electron chi connectivity index (χ1n) is 10.1. The molecular formula is C21H34N4O4. The van der Waals surface area contributed by atoms with Crippen LogP contribution in [0.25, 0.3) is 0 Å². The highest BCUT2D eigenvalue weighted by molar-refractivity contribution is 5.80. The molecule has 1 aromatic carbocycles. The molecule has 1 amide bonds. The Morgan fingerprint density at radius 3 is 2.38 bits per heavy atom. The molecule has 0 aromatic heterocycles. The first-order chi connectivity index (χ1) is 14.1. The van der Waals surface area contributed by atoms with E-state index in [9.17, 15) is 4.79 Å². The van der Waals surface area contributed by atoms with E-state index in [1.165, 1.54) is 0 Å². The molecule has 1 aliphatic rings. The quantitative estimate of drug-likeness (QED) is 0.508. The molecule has 29 heavy (non-hydrogen) atoms. The molecular weight excluding hydrogens is 372 g/mol. The summed E-state index contributed by atoms with van der Waals surface area (Å²) in [5, 5.41) is 6.09. The van der Waals surface area contributed by atoms with Gasteiger partial charge in [-0.2, -0.15) is 0 Å². The lowest BCUT2D eigenvalue weighted by Crippen LogP contribution is -2.46. The van der Waals surface area contributed by atoms with Crippen LogP contribution in [0.4, 0.5) is 0 Å². The number of nitrogens with one attached hydrogen (secondary N) is 2. The molecule has 1 aliphatic heterocycles. The monoisotopic (exact) mass is 406 g/mol. The Labute approximate surface area is 173 Å². The molecule has 0 spiro atoms. The van der Waals surface area contributed by atoms with E-state index in [0.29, 0.717) is 36.1 Å². The lowest BCUT2D eigenvalue weighted by molar-refractivity contribution is -0.121. The third kappa shape index (κ3) is 5.92. The van der Waals surface area contributed by atoms with Crippen molar-refractivity contribution in [2.75, 3.05) is 48.0 Å². The highest BCUT2D eigenvalue weighted by atomic mass is 16.5. The molecule has 0 saturated carbocycles. The maximum absolute atomic E-state index is 11.6. The van der Waals surface area contributed by atoms with Gasteiger partial charge in [-0.05, 0) is 37.8 Å². The van der Waals surface area contributed by atoms with E-state index in [2.05, 4.69) is 22.5 Å². The van der Waals surface area contributed by atoms with E-state index in [1.54, 1.807) is 28.4 Å². The summed E-state index contributed by atoms with van der Waals surface area (Å²) in [5.74, 6) is 3.26. The fraction of sp³-hybridized carbons (Fsp3) is 0.619. The van der Waals surface area contributed by atoms with Crippen molar-refractivity contribution in [2.24, 2.45) is 10.9 Å². The average molecular weight is 407 g/mol. The first kappa shape index (κ1) is 22.6. The number of hydrogen-bond acceptors (Lipinski definition) is 5. The van der Waals surface area contributed by atoms with Gasteiger partial charge < -0.3 is 29.7 Å². The number of nitrogens with zero attached hydrogens (tertiary/aromatic N) is 2. The Kier molecular flexibility index (Phi) is 8.89. The molecule has 0 bridgehead atoms. The second-order valence-electron chi connectivity index (χ2n) is 6.97. The molecule has 1 heterocycles. The van der Waals surface area contributed by atoms with Crippen LogP contribution in [0.5, 0.6) is 17.2 Å². The zero-order valence-electron chi connectivity index (χ0n) is 18.2. The fourth-order valence-corrected chi connectivity index (χ4v) is 3.59. The zero-order chi connectivity index (χ0) is 21.2. The molecule has 8 nitrogen and oxygen atoms in total. The number of guanidine groups is 1. The van der Waals surface area contributed by atoms with Crippen LogP contribution in [0.1, 0.15) is 31.7 Å². The van der Waals surface area contributed by atoms with E-state index in [0.717, 1.165) is 44.0 Å². The minimum atomic E-state index is 0.115. The Hall–Kier alpha value is -2.64. The second kappa shape index (κ2) is 11.4. The maximum atomic E-state index is 11.6. The van der Waals surface area contributed by atoms with Gasteiger partial charge in [0.05, 0.1) is 27.9 Å². The number of carbonyl (C=O) groups excluding carboxylic acids is 1. The number of rotatable bonds is 8. The number of carbonyl (C=O) groups is 1. The predicted octanol–water partition coefficient (Wildman–Crippen LogP) is 2.03. The van der Waals surface area contributed by atoms with Gasteiger partial charge in [0.2, 0.25) is 11.7 Å². The second-order valence-corrected chi connectivity index (χ2v) is 6.97. The van der Waals surface area contributed by atoms with Gasteiger partial charge in [0.25, 0.3) is 0 Å². The lowest BCUT2D eigenvalue weighted by Gasteiger charge is -2.34. The first-order valence-corrected chi connectivity index (χ1v) is 10.1. The number of benzene rings is 1. The summed E-state index contributed by atoms with van der Waals surface area (Å²) in [6, 6.07) is 3.81. The minimum Gasteiger partial charge on any atom is -0.493 e. The summed E-state index contributed by atoms with van der Waals surface area (Å²) < 4.78 is 16.4. The summed E-state index contributed by atoms with van der Waals surface area (Å²) in [6.45, 7) is 5.09. The van der Waals surface area contributed by atoms with E-state index in [4.69, 9.17) is 19.2 Å². The molecule has 1 aromatic rings. The number of amides is 1. The van der Waals surface area contributed by atoms with Crippen molar-refractivity contribution in [3.63, 3.8) is 0 Å². The molecule has 2 rings (SSSR count). The van der Waals surface area contributed by atoms with E-state index in [1.807, 2.05) is 12.1 Å². The summed E-state index contributed by atoms with van der Waals surface area (Å²) in [5.41, 5.74) is 0.926. The van der Waals surface area contributed by atoms with Crippen molar-refractivity contribution in [2.45, 2.75) is 32.7 Å². The number of aliphatic imine (C=N–C) groups is 1. The number of methoxy groups -OCH3 is 3. The van der Waals surface area contributed by atoms with Gasteiger partial charge in [-0.3, -0.25) is 4.79 Å². The van der Waals surface area contributed by atoms with Gasteiger partial charge in [-0.1, -0.05) is 0 Å². The van der Waals surface area contributed by atoms with Gasteiger partial charge >= 0.3 is 0 Å². The minimum absolute atomic E-state index is 0.115. The average Bonchev–Trinajstić information content (AvgIpc) is 2.76. The van der Waals surface area contributed by atoms with Crippen LogP contribution >= 0.6 is 0 Å². The Morgan fingerprint density at radius 2 is 1.83 bits per heavy atom. The molecule has 1 fully saturated rings. The van der Waals surface area contributed by atoms with Crippen molar-refractivity contribution in [3.8, 4) is 17.2 Å². The third-order valence-electron chi connectivity index (χ3n) is 5.19. The summed E-state index contributed by atoms with van der Waals surface area (Å²) in [4.78, 5) is 18.7. The topological polar surface area (TPSA) is 84.4 Å². The zero-order valence-corrected chi connectivity index (χ0v) is 18.2. The van der Waals surface area contributed by atoms with Crippen LogP contribution in [-0.2, 0) is 11.3 Å². The molecule has 0 atom stereocenters. The van der Waals surface area contributed by atoms with Crippen LogP contribution < -0.4 is 24.8 Å². The molecule has 1 saturated heterocycles. The summed E-state index contributed by atoms with van der Waals surface area (Å²) in [6.07, 6.45) is 2.57. The van der Waals surface area contributed by atoms with Crippen LogP contribution in [0.15, 0.2) is 17.1 Å². The van der Waals surface area contributed by atoms with Crippen LogP contribution in [0, 0.1) is 5.92 Å². The van der Waals surface area contributed by atoms with Crippen molar-refractivity contribution >= 4 is 11.9 Å². The molecule has 2 N–H and O–H groups in total. The van der Waals surface area contributed by atoms with Gasteiger partial charge in [0.1, 0.15) is 0 Å². The lowest BCUT2D eigenvalue weighted by atomic mass is 9.93. The maximum Gasteiger partial charge on any atom is 0.220 e. The van der Waals surface area contributed by atoms with Crippen molar-refractivity contribution in [3.05, 3.63) is 17.7 Å². The van der Waals surface area contributed by atoms with Crippen molar-refractivity contribution in [1.82, 2.24) is 15.5 Å². The van der Waals surface area contributed by atoms with Gasteiger partial charge in [-0.25, -0.2) is 4.99 Å². The Morgan fingerprint density at radius 1 is 1.14 bits per heavy atom. The highest BCUT2D eigenvalue weighted by Crippen LogP contribution is 2.40. The smallest absolute Gasteiger partial charge is 0.220 e. The van der Waals surface area contributed by atoms with Gasteiger partial charge in [0, 0.05) is 38.7 Å². The highest BCUT2D eigenvalue weighted by Gasteiger charge is 2.23. The fourth-order valence-electron chi connectivity index (χ4n) is 3.59. The Balaban J connectivity index is 2.11. The van der Waals surface area contributed by atoms with Crippen molar-refractivity contribution in [1.29, 1.82) is 0 Å². The van der Waals surface area contributed by atoms with E-state index < -0.39 is 0 Å². The molecule has 0 unspecified atom stereocenters. The van der Waals surface area contributed by atoms with Crippen LogP contribution in [0.3, 0.4) is 0 Å². The van der Waals surface area contributed by atoms with E-state index >= 15 is 0 Å². The van der Waals surface area contributed by atoms with Gasteiger partial charge in [0.15, 0.2) is 17.5 Å². The normalized spacial score (nSPS) is 15.1. The standard InChI is InChI=1S/C21H34N4O4/c1-6-23-21(25-11-9-15(10-12-25)13-18(26)22-2)24-14-16-7-8-17(27-3)20(29-5)19(16)28-4/h7-8,15H,6,9-14H2,1-5H3,(H,22,26)(H,23,24). The predicted molar refractivity (Wildman–Crippen MR) is 114 cm³/mol. The number of piperidine rings is 1. The summed E-state index contributed by atoms with van der Waals surface area (Å²) >= 11 is 0. The third-order valence-corrected chi connectivity index (χ3v) is 5.19. The molecule has 0 aliphatic carbocycles. The van der Waals surface area contributed by atoms with Gasteiger partial charge in [-0.15, -0.1) is 0 Å². The molecule has 0 radical (unpaired) electrons. The van der Waals surface area contributed by atoms with Crippen LogP contribution in [0.2, 0.25) is 0 Å². The number of hydrogen-bond donors (Lipinski definition) is 2. The van der Waals surface area contributed by atoms with E-state index in [-0.39, 0.29) is 5.91 Å². The number of ether oxygens (including phenoxy) is 3. The summed E-state index contributed by atoms with van der Waals surface area (Å²) in [7, 11) is 6.51. The van der Waals surface area contributed by atoms with Crippen molar-refractivity contribution < 1.29 is 19.0 Å². The van der Waals surface area contributed by atoms with Crippen LogP contribution in [-0.4, -0.2) is 64.8 Å². The SMILES string of the molecule is CCNC(=NCc1ccc(OC)c(OC)c1OC)N1CCC(CC(=O)NC)CC1.